The molecule has 0 aliphatic carbocycles. The molecule has 1 aromatic heterocycles. The third-order valence-electron chi connectivity index (χ3n) is 5.15. The van der Waals surface area contributed by atoms with Crippen LogP contribution in [-0.2, 0) is 5.60 Å². The minimum absolute atomic E-state index is 0.0155. The molecule has 0 aliphatic rings. The van der Waals surface area contributed by atoms with Crippen LogP contribution in [0.4, 0.5) is 13.2 Å². The number of ether oxygens (including phenoxy) is 1. The first-order valence-electron chi connectivity index (χ1n) is 9.46. The number of hydrogen-bond acceptors (Lipinski definition) is 4. The first kappa shape index (κ1) is 23.6. The molecule has 2 unspecified atom stereocenters. The second-order valence-corrected chi connectivity index (χ2v) is 7.70. The summed E-state index contributed by atoms with van der Waals surface area (Å²) in [5, 5.41) is 19.9. The summed E-state index contributed by atoms with van der Waals surface area (Å²) < 4.78 is 47.8. The number of aryl methyl sites for hydroxylation is 1. The molecular weight excluding hydrogens is 447 g/mol. The second kappa shape index (κ2) is 8.80. The number of rotatable bonds is 6. The zero-order chi connectivity index (χ0) is 23.7. The van der Waals surface area contributed by atoms with E-state index in [1.54, 1.807) is 0 Å². The van der Waals surface area contributed by atoms with Crippen LogP contribution in [0.2, 0.25) is 5.02 Å². The number of carboxylic acids is 1. The van der Waals surface area contributed by atoms with Gasteiger partial charge in [0.15, 0.2) is 5.60 Å². The van der Waals surface area contributed by atoms with E-state index in [0.717, 1.165) is 6.07 Å². The summed E-state index contributed by atoms with van der Waals surface area (Å²) in [4.78, 5) is 15.0. The predicted octanol–water partition coefficient (Wildman–Crippen LogP) is 6.09. The Morgan fingerprint density at radius 3 is 2.38 bits per heavy atom. The number of hydrogen-bond donors (Lipinski definition) is 2. The van der Waals surface area contributed by atoms with Crippen molar-refractivity contribution in [2.45, 2.75) is 31.5 Å². The summed E-state index contributed by atoms with van der Waals surface area (Å²) >= 11 is 6.28. The van der Waals surface area contributed by atoms with Crippen LogP contribution < -0.4 is 4.74 Å². The van der Waals surface area contributed by atoms with Gasteiger partial charge in [-0.3, -0.25) is 4.98 Å². The van der Waals surface area contributed by atoms with Crippen molar-refractivity contribution in [3.8, 4) is 11.5 Å². The maximum absolute atomic E-state index is 14.1. The van der Waals surface area contributed by atoms with Gasteiger partial charge in [0.2, 0.25) is 0 Å². The average molecular weight is 466 g/mol. The molecule has 0 fully saturated rings. The summed E-state index contributed by atoms with van der Waals surface area (Å²) in [7, 11) is 0. The third-order valence-corrected chi connectivity index (χ3v) is 5.48. The van der Waals surface area contributed by atoms with E-state index < -0.39 is 23.7 Å². The van der Waals surface area contributed by atoms with Crippen LogP contribution in [0.5, 0.6) is 11.5 Å². The van der Waals surface area contributed by atoms with E-state index in [-0.39, 0.29) is 33.2 Å². The van der Waals surface area contributed by atoms with Gasteiger partial charge >= 0.3 is 12.1 Å². The Labute approximate surface area is 187 Å². The van der Waals surface area contributed by atoms with E-state index in [1.807, 2.05) is 0 Å². The van der Waals surface area contributed by atoms with Gasteiger partial charge in [-0.15, -0.1) is 0 Å². The van der Waals surface area contributed by atoms with Gasteiger partial charge < -0.3 is 14.9 Å². The van der Waals surface area contributed by atoms with Crippen LogP contribution in [0.1, 0.15) is 40.0 Å². The zero-order valence-corrected chi connectivity index (χ0v) is 17.8. The number of halogens is 4. The highest BCUT2D eigenvalue weighted by Gasteiger charge is 2.59. The maximum Gasteiger partial charge on any atom is 0.422 e. The molecule has 9 heteroatoms. The summed E-state index contributed by atoms with van der Waals surface area (Å²) in [6.45, 7) is 2.77. The fourth-order valence-corrected chi connectivity index (χ4v) is 3.75. The van der Waals surface area contributed by atoms with E-state index in [1.165, 1.54) is 68.6 Å². The molecule has 2 N–H and O–H groups in total. The van der Waals surface area contributed by atoms with Crippen LogP contribution in [0, 0.1) is 6.92 Å². The maximum atomic E-state index is 14.1. The van der Waals surface area contributed by atoms with E-state index in [9.17, 15) is 23.1 Å². The molecule has 0 radical (unpaired) electrons. The number of benzene rings is 2. The van der Waals surface area contributed by atoms with Gasteiger partial charge in [0.1, 0.15) is 11.5 Å². The largest absolute Gasteiger partial charge is 0.478 e. The van der Waals surface area contributed by atoms with Crippen LogP contribution in [-0.4, -0.2) is 27.3 Å². The summed E-state index contributed by atoms with van der Waals surface area (Å²) in [6.07, 6.45) is -3.78. The zero-order valence-electron chi connectivity index (χ0n) is 17.0. The molecule has 3 rings (SSSR count). The van der Waals surface area contributed by atoms with Crippen molar-refractivity contribution in [3.05, 3.63) is 88.2 Å². The quantitative estimate of drug-likeness (QED) is 0.460. The fraction of sp³-hybridized carbons (Fsp3) is 0.217. The van der Waals surface area contributed by atoms with Gasteiger partial charge in [0.05, 0.1) is 5.56 Å². The Bertz CT molecular complexity index is 1150. The molecular formula is C23H19ClF3NO4. The van der Waals surface area contributed by atoms with Crippen molar-refractivity contribution >= 4 is 17.6 Å². The normalized spacial score (nSPS) is 14.5. The first-order valence-corrected chi connectivity index (χ1v) is 9.84. The smallest absolute Gasteiger partial charge is 0.422 e. The first-order chi connectivity index (χ1) is 14.9. The Balaban J connectivity index is 1.96. The molecule has 2 atom stereocenters. The van der Waals surface area contributed by atoms with Gasteiger partial charge in [-0.25, -0.2) is 4.79 Å². The molecule has 1 heterocycles. The number of carboxylic acid groups (broad SMARTS) is 1. The molecule has 3 aromatic rings. The molecule has 0 saturated heterocycles. The second-order valence-electron chi connectivity index (χ2n) is 7.29. The highest BCUT2D eigenvalue weighted by molar-refractivity contribution is 6.31. The molecule has 0 aliphatic heterocycles. The van der Waals surface area contributed by atoms with Gasteiger partial charge in [0.25, 0.3) is 0 Å². The fourth-order valence-electron chi connectivity index (χ4n) is 3.42. The number of carbonyl (C=O) groups is 1. The number of aromatic nitrogens is 1. The lowest BCUT2D eigenvalue weighted by molar-refractivity contribution is -0.274. The lowest BCUT2D eigenvalue weighted by atomic mass is 9.78. The Morgan fingerprint density at radius 1 is 1.09 bits per heavy atom. The number of pyridine rings is 1. The Morgan fingerprint density at radius 2 is 1.78 bits per heavy atom. The highest BCUT2D eigenvalue weighted by Crippen LogP contribution is 2.50. The predicted molar refractivity (Wildman–Crippen MR) is 112 cm³/mol. The van der Waals surface area contributed by atoms with Gasteiger partial charge in [-0.05, 0) is 60.5 Å². The summed E-state index contributed by atoms with van der Waals surface area (Å²) in [6, 6.07) is 12.1. The highest BCUT2D eigenvalue weighted by atomic mass is 35.5. The summed E-state index contributed by atoms with van der Waals surface area (Å²) in [5.41, 5.74) is -3.14. The minimum atomic E-state index is -4.99. The van der Waals surface area contributed by atoms with Crippen molar-refractivity contribution in [1.29, 1.82) is 0 Å². The average Bonchev–Trinajstić information content (AvgIpc) is 2.72. The number of nitrogens with zero attached hydrogens (tertiary/aromatic N) is 1. The lowest BCUT2D eigenvalue weighted by Crippen LogP contribution is -2.46. The van der Waals surface area contributed by atoms with Gasteiger partial charge in [0, 0.05) is 22.8 Å². The van der Waals surface area contributed by atoms with Crippen molar-refractivity contribution in [2.75, 3.05) is 0 Å². The van der Waals surface area contributed by atoms with Gasteiger partial charge in [-0.1, -0.05) is 30.7 Å². The van der Waals surface area contributed by atoms with E-state index in [4.69, 9.17) is 21.4 Å². The van der Waals surface area contributed by atoms with Crippen molar-refractivity contribution in [2.24, 2.45) is 0 Å². The minimum Gasteiger partial charge on any atom is -0.478 e. The topological polar surface area (TPSA) is 79.7 Å². The standard InChI is InChI=1S/C23H19ClF3NO4/c1-13-10-16(8-9-28-13)22(31,23(25,26)27)14(2)19-7-6-18(12-20(19)24)32-17-5-3-4-15(11-17)21(29)30/h3-12,14,31H,1-2H3,(H,29,30). The van der Waals surface area contributed by atoms with Gasteiger partial charge in [-0.2, -0.15) is 13.2 Å². The van der Waals surface area contributed by atoms with E-state index in [2.05, 4.69) is 4.98 Å². The van der Waals surface area contributed by atoms with E-state index in [0.29, 0.717) is 5.69 Å². The molecule has 168 valence electrons. The SMILES string of the molecule is Cc1cc(C(O)(C(C)c2ccc(Oc3cccc(C(=O)O)c3)cc2Cl)C(F)(F)F)ccn1. The molecule has 2 aromatic carbocycles. The van der Waals surface area contributed by atoms with Crippen LogP contribution in [0.15, 0.2) is 60.8 Å². The van der Waals surface area contributed by atoms with Crippen LogP contribution in [0.25, 0.3) is 0 Å². The molecule has 5 nitrogen and oxygen atoms in total. The monoisotopic (exact) mass is 465 g/mol. The number of aliphatic hydroxyl groups is 1. The molecule has 0 saturated carbocycles. The molecule has 32 heavy (non-hydrogen) atoms. The van der Waals surface area contributed by atoms with Crippen LogP contribution in [0.3, 0.4) is 0 Å². The Hall–Kier alpha value is -3.10. The molecule has 0 spiro atoms. The Kier molecular flexibility index (Phi) is 6.48. The number of aromatic carboxylic acids is 1. The van der Waals surface area contributed by atoms with E-state index >= 15 is 0 Å². The van der Waals surface area contributed by atoms with Crippen molar-refractivity contribution < 1.29 is 32.9 Å². The summed E-state index contributed by atoms with van der Waals surface area (Å²) in [5.74, 6) is -2.17. The third kappa shape index (κ3) is 4.56. The molecule has 0 bridgehead atoms. The van der Waals surface area contributed by atoms with Crippen molar-refractivity contribution in [1.82, 2.24) is 4.98 Å². The molecule has 0 amide bonds. The number of alkyl halides is 3. The lowest BCUT2D eigenvalue weighted by Gasteiger charge is -2.37. The van der Waals surface area contributed by atoms with Crippen molar-refractivity contribution in [3.63, 3.8) is 0 Å². The van der Waals surface area contributed by atoms with Crippen LogP contribution >= 0.6 is 11.6 Å².